The lowest BCUT2D eigenvalue weighted by atomic mass is 10.0. The number of hydrogen-bond acceptors (Lipinski definition) is 3. The molecular weight excluding hydrogens is 348 g/mol. The van der Waals surface area contributed by atoms with E-state index in [0.717, 1.165) is 15.7 Å². The van der Waals surface area contributed by atoms with Gasteiger partial charge in [0.2, 0.25) is 0 Å². The van der Waals surface area contributed by atoms with Gasteiger partial charge in [-0.15, -0.1) is 0 Å². The molecule has 2 aromatic heterocycles. The molecule has 0 fully saturated rings. The van der Waals surface area contributed by atoms with Crippen molar-refractivity contribution < 1.29 is 4.42 Å². The first-order valence-corrected chi connectivity index (χ1v) is 7.36. The minimum Gasteiger partial charge on any atom is -0.464 e. The number of nitriles is 1. The lowest BCUT2D eigenvalue weighted by molar-refractivity contribution is 0.582. The van der Waals surface area contributed by atoms with Gasteiger partial charge in [-0.3, -0.25) is 0 Å². The van der Waals surface area contributed by atoms with Gasteiger partial charge in [-0.05, 0) is 35.9 Å². The zero-order valence-corrected chi connectivity index (χ0v) is 13.2. The molecule has 1 N–H and O–H groups in total. The number of aromatic amines is 1. The van der Waals surface area contributed by atoms with E-state index in [-0.39, 0.29) is 0 Å². The molecule has 0 unspecified atom stereocenters. The summed E-state index contributed by atoms with van der Waals surface area (Å²) in [5, 5.41) is 9.31. The molecular formula is C16H9BrN2OS. The van der Waals surface area contributed by atoms with Crippen LogP contribution in [0.15, 0.2) is 57.6 Å². The van der Waals surface area contributed by atoms with E-state index in [9.17, 15) is 5.26 Å². The van der Waals surface area contributed by atoms with Gasteiger partial charge in [-0.2, -0.15) is 5.26 Å². The summed E-state index contributed by atoms with van der Waals surface area (Å²) in [5.41, 5.74) is 2.95. The van der Waals surface area contributed by atoms with Crippen LogP contribution in [0.25, 0.3) is 22.6 Å². The molecule has 0 saturated carbocycles. The van der Waals surface area contributed by atoms with Crippen LogP contribution in [-0.2, 0) is 0 Å². The first-order valence-electron chi connectivity index (χ1n) is 6.16. The van der Waals surface area contributed by atoms with Crippen molar-refractivity contribution in [3.63, 3.8) is 0 Å². The van der Waals surface area contributed by atoms with Crippen LogP contribution in [0.1, 0.15) is 5.56 Å². The van der Waals surface area contributed by atoms with Crippen LogP contribution in [-0.4, -0.2) is 4.98 Å². The number of nitrogens with zero attached hydrogens (tertiary/aromatic N) is 1. The third kappa shape index (κ3) is 2.68. The van der Waals surface area contributed by atoms with Gasteiger partial charge in [0.1, 0.15) is 16.5 Å². The van der Waals surface area contributed by atoms with Crippen molar-refractivity contribution >= 4 is 28.1 Å². The summed E-state index contributed by atoms with van der Waals surface area (Å²) in [6.45, 7) is 0. The van der Waals surface area contributed by atoms with E-state index in [1.807, 2.05) is 36.4 Å². The largest absolute Gasteiger partial charge is 0.464 e. The number of nitrogens with one attached hydrogen (secondary N) is 1. The van der Waals surface area contributed by atoms with Gasteiger partial charge in [0.15, 0.2) is 0 Å². The third-order valence-electron chi connectivity index (χ3n) is 3.09. The Hall–Kier alpha value is -2.16. The Kier molecular flexibility index (Phi) is 3.74. The highest BCUT2D eigenvalue weighted by molar-refractivity contribution is 9.10. The summed E-state index contributed by atoms with van der Waals surface area (Å²) in [6.07, 6.45) is 1.58. The molecule has 0 amide bonds. The van der Waals surface area contributed by atoms with Crippen molar-refractivity contribution in [2.24, 2.45) is 0 Å². The van der Waals surface area contributed by atoms with E-state index in [4.69, 9.17) is 16.6 Å². The van der Waals surface area contributed by atoms with Gasteiger partial charge >= 0.3 is 0 Å². The first-order chi connectivity index (χ1) is 10.2. The van der Waals surface area contributed by atoms with E-state index >= 15 is 0 Å². The van der Waals surface area contributed by atoms with Crippen molar-refractivity contribution in [1.82, 2.24) is 4.98 Å². The Balaban J connectivity index is 2.23. The minimum atomic E-state index is 0.407. The number of rotatable bonds is 2. The fourth-order valence-electron chi connectivity index (χ4n) is 2.08. The molecule has 1 aromatic carbocycles. The molecule has 3 rings (SSSR count). The number of furan rings is 1. The summed E-state index contributed by atoms with van der Waals surface area (Å²) in [7, 11) is 0. The number of H-pyrrole nitrogens is 1. The fourth-order valence-corrected chi connectivity index (χ4v) is 2.61. The topological polar surface area (TPSA) is 52.7 Å². The second-order valence-electron chi connectivity index (χ2n) is 4.40. The molecule has 21 heavy (non-hydrogen) atoms. The summed E-state index contributed by atoms with van der Waals surface area (Å²) < 4.78 is 6.82. The standard InChI is InChI=1S/C16H9BrN2OS/c17-11-5-3-10(4-6-11)14-8-12(15-2-1-7-20-15)13(9-18)16(21)19-14/h1-8H,(H,19,21). The van der Waals surface area contributed by atoms with E-state index < -0.39 is 0 Å². The summed E-state index contributed by atoms with van der Waals surface area (Å²) >= 11 is 8.71. The average molecular weight is 357 g/mol. The van der Waals surface area contributed by atoms with Crippen molar-refractivity contribution in [3.05, 3.63) is 63.4 Å². The molecule has 0 bridgehead atoms. The predicted molar refractivity (Wildman–Crippen MR) is 87.2 cm³/mol. The highest BCUT2D eigenvalue weighted by atomic mass is 79.9. The first kappa shape index (κ1) is 13.8. The molecule has 0 saturated heterocycles. The Bertz CT molecular complexity index is 874. The van der Waals surface area contributed by atoms with Crippen LogP contribution in [0, 0.1) is 16.0 Å². The van der Waals surface area contributed by atoms with Crippen LogP contribution in [0.2, 0.25) is 0 Å². The minimum absolute atomic E-state index is 0.407. The molecule has 3 aromatic rings. The number of aromatic nitrogens is 1. The summed E-state index contributed by atoms with van der Waals surface area (Å²) in [5.74, 6) is 0.630. The highest BCUT2D eigenvalue weighted by Gasteiger charge is 2.12. The van der Waals surface area contributed by atoms with Crippen LogP contribution < -0.4 is 0 Å². The molecule has 102 valence electrons. The molecule has 0 aliphatic rings. The number of halogens is 1. The SMILES string of the molecule is N#Cc1c(-c2ccco2)cc(-c2ccc(Br)cc2)[nH]c1=S. The Morgan fingerprint density at radius 1 is 1.19 bits per heavy atom. The number of pyridine rings is 1. The Morgan fingerprint density at radius 3 is 2.57 bits per heavy atom. The van der Waals surface area contributed by atoms with Crippen molar-refractivity contribution in [2.75, 3.05) is 0 Å². The normalized spacial score (nSPS) is 10.3. The van der Waals surface area contributed by atoms with Crippen LogP contribution in [0.3, 0.4) is 0 Å². The maximum atomic E-state index is 9.31. The van der Waals surface area contributed by atoms with Crippen molar-refractivity contribution in [1.29, 1.82) is 5.26 Å². The molecule has 5 heteroatoms. The smallest absolute Gasteiger partial charge is 0.135 e. The van der Waals surface area contributed by atoms with E-state index in [1.165, 1.54) is 0 Å². The zero-order valence-electron chi connectivity index (χ0n) is 10.8. The van der Waals surface area contributed by atoms with E-state index in [2.05, 4.69) is 27.0 Å². The predicted octanol–water partition coefficient (Wildman–Crippen LogP) is 5.31. The van der Waals surface area contributed by atoms with Gasteiger partial charge in [0.05, 0.1) is 11.8 Å². The lowest BCUT2D eigenvalue weighted by Gasteiger charge is -2.07. The highest BCUT2D eigenvalue weighted by Crippen LogP contribution is 2.29. The molecule has 3 nitrogen and oxygen atoms in total. The fraction of sp³-hybridized carbons (Fsp3) is 0. The van der Waals surface area contributed by atoms with Crippen LogP contribution in [0.4, 0.5) is 0 Å². The van der Waals surface area contributed by atoms with Gasteiger partial charge < -0.3 is 9.40 Å². The van der Waals surface area contributed by atoms with Gasteiger partial charge in [-0.1, -0.05) is 40.3 Å². The molecule has 0 aliphatic carbocycles. The molecule has 0 spiro atoms. The summed E-state index contributed by atoms with van der Waals surface area (Å²) in [4.78, 5) is 3.10. The Labute approximate surface area is 135 Å². The van der Waals surface area contributed by atoms with Crippen molar-refractivity contribution in [2.45, 2.75) is 0 Å². The lowest BCUT2D eigenvalue weighted by Crippen LogP contribution is -1.92. The second-order valence-corrected chi connectivity index (χ2v) is 5.72. The van der Waals surface area contributed by atoms with Gasteiger partial charge in [-0.25, -0.2) is 0 Å². The maximum absolute atomic E-state index is 9.31. The quantitative estimate of drug-likeness (QED) is 0.633. The second kappa shape index (κ2) is 5.68. The average Bonchev–Trinajstić information content (AvgIpc) is 3.01. The number of hydrogen-bond donors (Lipinski definition) is 1. The molecule has 2 heterocycles. The maximum Gasteiger partial charge on any atom is 0.135 e. The molecule has 0 atom stereocenters. The van der Waals surface area contributed by atoms with Crippen LogP contribution >= 0.6 is 28.1 Å². The zero-order chi connectivity index (χ0) is 14.8. The van der Waals surface area contributed by atoms with Crippen LogP contribution in [0.5, 0.6) is 0 Å². The van der Waals surface area contributed by atoms with Crippen molar-refractivity contribution in [3.8, 4) is 28.7 Å². The van der Waals surface area contributed by atoms with Gasteiger partial charge in [0.25, 0.3) is 0 Å². The van der Waals surface area contributed by atoms with E-state index in [1.54, 1.807) is 12.3 Å². The Morgan fingerprint density at radius 2 is 1.95 bits per heavy atom. The number of benzene rings is 1. The molecule has 0 radical (unpaired) electrons. The van der Waals surface area contributed by atoms with Gasteiger partial charge in [0, 0.05) is 15.7 Å². The molecule has 0 aliphatic heterocycles. The summed E-state index contributed by atoms with van der Waals surface area (Å²) in [6, 6.07) is 15.5. The van der Waals surface area contributed by atoms with E-state index in [0.29, 0.717) is 21.5 Å². The third-order valence-corrected chi connectivity index (χ3v) is 3.92. The monoisotopic (exact) mass is 356 g/mol.